The number of phenolic OH excluding ortho intramolecular Hbond substituents is 2. The van der Waals surface area contributed by atoms with Crippen LogP contribution in [0.15, 0.2) is 75.9 Å². The first kappa shape index (κ1) is 34.0. The molecule has 5 aromatic rings. The van der Waals surface area contributed by atoms with Crippen molar-refractivity contribution < 1.29 is 53.4 Å². The van der Waals surface area contributed by atoms with Crippen molar-refractivity contribution in [3.05, 3.63) is 88.3 Å². The lowest BCUT2D eigenvalue weighted by molar-refractivity contribution is -0.304. The van der Waals surface area contributed by atoms with Gasteiger partial charge in [-0.1, -0.05) is 36.4 Å². The summed E-state index contributed by atoms with van der Waals surface area (Å²) in [6.07, 6.45) is -6.23. The van der Waals surface area contributed by atoms with Gasteiger partial charge in [-0.25, -0.2) is 9.59 Å². The first-order valence-electron chi connectivity index (χ1n) is 15.4. The Balaban J connectivity index is 1.29. The zero-order valence-electron chi connectivity index (χ0n) is 27.3. The second kappa shape index (κ2) is 12.9. The Labute approximate surface area is 284 Å². The monoisotopic (exact) mass is 686 g/mol. The van der Waals surface area contributed by atoms with E-state index in [4.69, 9.17) is 29.1 Å². The number of aryl methyl sites for hydroxylation is 1. The average molecular weight is 687 g/mol. The Morgan fingerprint density at radius 1 is 0.960 bits per heavy atom. The third-order valence-corrected chi connectivity index (χ3v) is 8.67. The summed E-state index contributed by atoms with van der Waals surface area (Å²) in [4.78, 5) is 38.1. The molecular weight excluding hydrogens is 652 g/mol. The Bertz CT molecular complexity index is 2210. The highest BCUT2D eigenvalue weighted by Crippen LogP contribution is 2.41. The van der Waals surface area contributed by atoms with E-state index >= 15 is 0 Å². The van der Waals surface area contributed by atoms with Gasteiger partial charge in [-0.2, -0.15) is 0 Å². The van der Waals surface area contributed by atoms with E-state index in [0.717, 1.165) is 16.8 Å². The first-order chi connectivity index (χ1) is 23.7. The molecule has 2 heterocycles. The van der Waals surface area contributed by atoms with Crippen molar-refractivity contribution in [1.82, 2.24) is 0 Å². The number of nitrogens with one attached hydrogen (secondary N) is 1. The number of hydrogen-bond acceptors (Lipinski definition) is 12. The predicted octanol–water partition coefficient (Wildman–Crippen LogP) is 4.64. The van der Waals surface area contributed by atoms with Crippen LogP contribution in [0.1, 0.15) is 29.8 Å². The number of methoxy groups -OCH3 is 1. The summed E-state index contributed by atoms with van der Waals surface area (Å²) in [5.41, 5.74) is 3.14. The van der Waals surface area contributed by atoms with Crippen LogP contribution < -0.4 is 21.4 Å². The average Bonchev–Trinajstić information content (AvgIpc) is 3.07. The summed E-state index contributed by atoms with van der Waals surface area (Å²) >= 11 is 0. The number of ether oxygens (including phenoxy) is 4. The molecule has 14 heteroatoms. The minimum absolute atomic E-state index is 0.0370. The Morgan fingerprint density at radius 3 is 2.38 bits per heavy atom. The Kier molecular flexibility index (Phi) is 8.78. The van der Waals surface area contributed by atoms with Crippen LogP contribution in [0.2, 0.25) is 0 Å². The molecule has 0 saturated carbocycles. The number of phenols is 2. The number of nitrogens with two attached hydrogens (primary N) is 1. The van der Waals surface area contributed by atoms with Gasteiger partial charge < -0.3 is 54.8 Å². The minimum Gasteiger partial charge on any atom is -0.505 e. The van der Waals surface area contributed by atoms with Crippen LogP contribution in [0.25, 0.3) is 32.9 Å². The fourth-order valence-electron chi connectivity index (χ4n) is 6.19. The van der Waals surface area contributed by atoms with Crippen LogP contribution in [0.5, 0.6) is 23.0 Å². The van der Waals surface area contributed by atoms with Gasteiger partial charge in [-0.3, -0.25) is 4.79 Å². The Hall–Kier alpha value is -5.83. The predicted molar refractivity (Wildman–Crippen MR) is 180 cm³/mol. The van der Waals surface area contributed by atoms with E-state index in [0.29, 0.717) is 5.56 Å². The lowest BCUT2D eigenvalue weighted by atomic mass is 9.89. The van der Waals surface area contributed by atoms with Crippen molar-refractivity contribution in [2.75, 3.05) is 12.4 Å². The summed E-state index contributed by atoms with van der Waals surface area (Å²) in [6.45, 7) is 4.82. The number of anilines is 1. The highest BCUT2D eigenvalue weighted by molar-refractivity contribution is 6.08. The molecule has 4 aromatic carbocycles. The minimum atomic E-state index is -1.55. The number of amides is 2. The van der Waals surface area contributed by atoms with Gasteiger partial charge in [0.25, 0.3) is 5.91 Å². The Morgan fingerprint density at radius 2 is 1.68 bits per heavy atom. The van der Waals surface area contributed by atoms with E-state index in [-0.39, 0.29) is 33.4 Å². The molecule has 1 fully saturated rings. The number of aliphatic hydroxyl groups excluding tert-OH is 1. The first-order valence-corrected chi connectivity index (χ1v) is 15.4. The molecule has 4 atom stereocenters. The maximum atomic E-state index is 13.4. The molecule has 0 bridgehead atoms. The van der Waals surface area contributed by atoms with Gasteiger partial charge in [0.05, 0.1) is 11.0 Å². The lowest BCUT2D eigenvalue weighted by Crippen LogP contribution is -2.65. The number of aromatic hydroxyl groups is 3. The molecule has 0 aliphatic carbocycles. The van der Waals surface area contributed by atoms with Gasteiger partial charge in [0, 0.05) is 23.8 Å². The van der Waals surface area contributed by atoms with E-state index in [2.05, 4.69) is 5.32 Å². The van der Waals surface area contributed by atoms with Crippen molar-refractivity contribution in [2.24, 2.45) is 5.73 Å². The molecular formula is C36H34N2O12. The number of aliphatic hydroxyl groups is 1. The zero-order chi connectivity index (χ0) is 36.1. The summed E-state index contributed by atoms with van der Waals surface area (Å²) in [7, 11) is 1.36. The molecule has 7 N–H and O–H groups in total. The molecule has 0 unspecified atom stereocenters. The molecule has 2 amide bonds. The van der Waals surface area contributed by atoms with Crippen molar-refractivity contribution in [1.29, 1.82) is 0 Å². The van der Waals surface area contributed by atoms with Crippen LogP contribution in [0.3, 0.4) is 0 Å². The highest BCUT2D eigenvalue weighted by Gasteiger charge is 2.53. The van der Waals surface area contributed by atoms with Gasteiger partial charge >= 0.3 is 11.7 Å². The van der Waals surface area contributed by atoms with Crippen molar-refractivity contribution in [2.45, 2.75) is 51.0 Å². The van der Waals surface area contributed by atoms with Crippen LogP contribution in [-0.2, 0) is 14.2 Å². The number of carbonyl (C=O) groups excluding carboxylic acids is 2. The van der Waals surface area contributed by atoms with Crippen molar-refractivity contribution >= 4 is 39.4 Å². The normalized spacial score (nSPS) is 20.0. The van der Waals surface area contributed by atoms with E-state index in [1.165, 1.54) is 32.2 Å². The maximum absolute atomic E-state index is 13.4. The third-order valence-electron chi connectivity index (χ3n) is 8.67. The summed E-state index contributed by atoms with van der Waals surface area (Å²) in [6, 6.07) is 18.1. The number of hydrogen-bond donors (Lipinski definition) is 6. The molecule has 14 nitrogen and oxygen atoms in total. The standard InChI is InChI=1S/C36H34N2O12/c1-16-24(47-34-28(42)30(49-35(37)45)31(46-4)36(2,3)50-34)12-11-21-27(41)25(33(44)48-29(16)21)38-32(43)20-14-22(26(40)23(39)15-20)19-10-9-17-7-5-6-8-18(17)13-19/h5-15,28,30-31,34,39-42H,1-4H3,(H2,37,45)(H,38,43)/t28-,30+,31-,34-/m1/s1. The molecule has 0 radical (unpaired) electrons. The fraction of sp³-hybridized carbons (Fsp3) is 0.250. The van der Waals surface area contributed by atoms with Gasteiger partial charge in [-0.15, -0.1) is 0 Å². The highest BCUT2D eigenvalue weighted by atomic mass is 16.7. The fourth-order valence-corrected chi connectivity index (χ4v) is 6.19. The smallest absolute Gasteiger partial charge is 0.404 e. The van der Waals surface area contributed by atoms with Gasteiger partial charge in [0.2, 0.25) is 6.29 Å². The van der Waals surface area contributed by atoms with E-state index in [1.54, 1.807) is 26.0 Å². The van der Waals surface area contributed by atoms with Gasteiger partial charge in [-0.05, 0) is 67.4 Å². The van der Waals surface area contributed by atoms with Crippen LogP contribution in [0.4, 0.5) is 10.5 Å². The van der Waals surface area contributed by atoms with Gasteiger partial charge in [0.15, 0.2) is 35.1 Å². The SMILES string of the molecule is CO[C@@H]1[C@@H](OC(N)=O)[C@@H](O)[C@H](Oc2ccc3c(O)c(NC(=O)c4cc(O)c(O)c(-c5ccc6ccccc6c5)c4)c(=O)oc3c2C)OC1(C)C. The number of primary amides is 1. The van der Waals surface area contributed by atoms with E-state index in [9.17, 15) is 34.8 Å². The second-order valence-electron chi connectivity index (χ2n) is 12.3. The molecule has 1 aromatic heterocycles. The topological polar surface area (TPSA) is 220 Å². The van der Waals surface area contributed by atoms with E-state index < -0.39 is 70.8 Å². The molecule has 50 heavy (non-hydrogen) atoms. The maximum Gasteiger partial charge on any atom is 0.404 e. The number of carbonyl (C=O) groups is 2. The van der Waals surface area contributed by atoms with Crippen LogP contribution in [-0.4, -0.2) is 69.7 Å². The molecule has 1 aliphatic rings. The van der Waals surface area contributed by atoms with Crippen LogP contribution in [0, 0.1) is 6.92 Å². The number of benzene rings is 4. The van der Waals surface area contributed by atoms with Crippen molar-refractivity contribution in [3.63, 3.8) is 0 Å². The van der Waals surface area contributed by atoms with Gasteiger partial charge in [0.1, 0.15) is 17.4 Å². The molecule has 1 aliphatic heterocycles. The number of fused-ring (bicyclic) bond motifs is 2. The summed E-state index contributed by atoms with van der Waals surface area (Å²) in [5, 5.41) is 47.5. The quantitative estimate of drug-likeness (QED) is 0.102. The van der Waals surface area contributed by atoms with Crippen molar-refractivity contribution in [3.8, 4) is 34.1 Å². The second-order valence-corrected chi connectivity index (χ2v) is 12.3. The molecule has 0 spiro atoms. The molecule has 260 valence electrons. The van der Waals surface area contributed by atoms with Crippen LogP contribution >= 0.6 is 0 Å². The lowest BCUT2D eigenvalue weighted by Gasteiger charge is -2.47. The molecule has 6 rings (SSSR count). The summed E-state index contributed by atoms with van der Waals surface area (Å²) in [5.74, 6) is -2.41. The summed E-state index contributed by atoms with van der Waals surface area (Å²) < 4.78 is 27.9. The molecule has 1 saturated heterocycles. The van der Waals surface area contributed by atoms with E-state index in [1.807, 2.05) is 30.3 Å². The third kappa shape index (κ3) is 6.11. The largest absolute Gasteiger partial charge is 0.505 e. The number of rotatable bonds is 7. The zero-order valence-corrected chi connectivity index (χ0v) is 27.3.